The summed E-state index contributed by atoms with van der Waals surface area (Å²) in [5.41, 5.74) is 5.93. The Morgan fingerprint density at radius 3 is 1.73 bits per heavy atom. The van der Waals surface area contributed by atoms with Crippen LogP contribution in [0.1, 0.15) is 20.8 Å². The van der Waals surface area contributed by atoms with E-state index in [1.54, 1.807) is 0 Å². The van der Waals surface area contributed by atoms with Gasteiger partial charge in [0, 0.05) is 8.07 Å². The van der Waals surface area contributed by atoms with E-state index in [1.165, 1.54) is 24.2 Å². The van der Waals surface area contributed by atoms with Crippen molar-refractivity contribution in [2.75, 3.05) is 0 Å². The molecular weight excluding hydrogens is 212 g/mol. The van der Waals surface area contributed by atoms with Gasteiger partial charge in [-0.2, -0.15) is 0 Å². The van der Waals surface area contributed by atoms with Crippen molar-refractivity contribution in [1.29, 1.82) is 0 Å². The minimum Gasteiger partial charge on any atom is -0.134 e. The van der Waals surface area contributed by atoms with Gasteiger partial charge in [-0.3, -0.25) is 0 Å². The molecule has 0 unspecified atom stereocenters. The lowest BCUT2D eigenvalue weighted by atomic mass is 10.7. The van der Waals surface area contributed by atoms with Crippen molar-refractivity contribution < 1.29 is 0 Å². The van der Waals surface area contributed by atoms with Crippen LogP contribution in [0.25, 0.3) is 0 Å². The van der Waals surface area contributed by atoms with Crippen LogP contribution in [-0.2, 0) is 0 Å². The molecule has 0 fully saturated rings. The van der Waals surface area contributed by atoms with Crippen molar-refractivity contribution in [2.45, 2.75) is 64.6 Å². The molecule has 88 valence electrons. The van der Waals surface area contributed by atoms with Crippen LogP contribution in [0.15, 0.2) is 17.5 Å². The molecule has 0 saturated carbocycles. The van der Waals surface area contributed by atoms with Gasteiger partial charge < -0.3 is 0 Å². The van der Waals surface area contributed by atoms with Gasteiger partial charge in [0.25, 0.3) is 0 Å². The van der Waals surface area contributed by atoms with Crippen molar-refractivity contribution in [3.63, 3.8) is 0 Å². The molecule has 0 bridgehead atoms. The van der Waals surface area contributed by atoms with E-state index >= 15 is 0 Å². The molecule has 0 heterocycles. The molecule has 0 nitrogen and oxygen atoms in total. The molecule has 0 aromatic rings. The van der Waals surface area contributed by atoms with Crippen LogP contribution in [0, 0.1) is 0 Å². The Labute approximate surface area is 98.5 Å². The van der Waals surface area contributed by atoms with E-state index in [0.29, 0.717) is 0 Å². The van der Waals surface area contributed by atoms with Gasteiger partial charge in [0.2, 0.25) is 0 Å². The topological polar surface area (TPSA) is 0 Å². The van der Waals surface area contributed by atoms with Crippen LogP contribution >= 0.6 is 0 Å². The highest BCUT2D eigenvalue weighted by Crippen LogP contribution is 2.21. The standard InChI is InChI=1S/C13H28Si2/c1-7-15(8-2,9-3)13-11-10-12-14(4,5)6/h10,13H,7-9,12H2,1-6H3. The number of rotatable bonds is 6. The second-order valence-electron chi connectivity index (χ2n) is 5.70. The Kier molecular flexibility index (Phi) is 6.50. The number of hydrogen-bond acceptors (Lipinski definition) is 0. The van der Waals surface area contributed by atoms with E-state index in [-0.39, 0.29) is 0 Å². The van der Waals surface area contributed by atoms with E-state index in [4.69, 9.17) is 0 Å². The molecule has 0 spiro atoms. The third-order valence-corrected chi connectivity index (χ3v) is 9.77. The predicted molar refractivity (Wildman–Crippen MR) is 78.0 cm³/mol. The van der Waals surface area contributed by atoms with Crippen LogP contribution < -0.4 is 0 Å². The summed E-state index contributed by atoms with van der Waals surface area (Å²) in [6.07, 6.45) is 2.29. The summed E-state index contributed by atoms with van der Waals surface area (Å²) in [6.45, 7) is 14.3. The van der Waals surface area contributed by atoms with E-state index in [1.807, 2.05) is 0 Å². The summed E-state index contributed by atoms with van der Waals surface area (Å²) in [6, 6.07) is 5.38. The van der Waals surface area contributed by atoms with Crippen molar-refractivity contribution in [1.82, 2.24) is 0 Å². The maximum Gasteiger partial charge on any atom is 0.0864 e. The van der Waals surface area contributed by atoms with Gasteiger partial charge >= 0.3 is 0 Å². The lowest BCUT2D eigenvalue weighted by Gasteiger charge is -2.22. The van der Waals surface area contributed by atoms with Gasteiger partial charge in [-0.05, 0) is 12.1 Å². The van der Waals surface area contributed by atoms with E-state index < -0.39 is 16.1 Å². The zero-order valence-corrected chi connectivity index (χ0v) is 13.5. The van der Waals surface area contributed by atoms with Crippen molar-refractivity contribution in [3.8, 4) is 0 Å². The predicted octanol–water partition coefficient (Wildman–Crippen LogP) is 5.08. The molecule has 0 aromatic heterocycles. The van der Waals surface area contributed by atoms with Crippen LogP contribution in [0.2, 0.25) is 43.8 Å². The van der Waals surface area contributed by atoms with Gasteiger partial charge in [0.15, 0.2) is 0 Å². The molecule has 0 rings (SSSR count). The smallest absolute Gasteiger partial charge is 0.0864 e. The fraction of sp³-hybridized carbons (Fsp3) is 0.769. The van der Waals surface area contributed by atoms with Crippen LogP contribution in [0.4, 0.5) is 0 Å². The molecule has 0 amide bonds. The molecule has 0 aromatic carbocycles. The normalized spacial score (nSPS) is 12.1. The van der Waals surface area contributed by atoms with Crippen LogP contribution in [0.5, 0.6) is 0 Å². The molecule has 0 atom stereocenters. The quantitative estimate of drug-likeness (QED) is 0.448. The summed E-state index contributed by atoms with van der Waals surface area (Å²) in [4.78, 5) is 0. The Morgan fingerprint density at radius 2 is 1.40 bits per heavy atom. The van der Waals surface area contributed by atoms with Gasteiger partial charge in [-0.1, -0.05) is 64.2 Å². The maximum absolute atomic E-state index is 3.48. The van der Waals surface area contributed by atoms with Gasteiger partial charge in [-0.25, -0.2) is 0 Å². The molecule has 0 saturated heterocycles. The lowest BCUT2D eigenvalue weighted by molar-refractivity contribution is 1.19. The minimum atomic E-state index is -1.07. The minimum absolute atomic E-state index is 0.907. The fourth-order valence-corrected chi connectivity index (χ4v) is 4.97. The second kappa shape index (κ2) is 6.52. The monoisotopic (exact) mass is 240 g/mol. The summed E-state index contributed by atoms with van der Waals surface area (Å²) in [5, 5.41) is 0. The molecule has 15 heavy (non-hydrogen) atoms. The molecule has 2 heteroatoms. The molecule has 0 aliphatic rings. The fourth-order valence-electron chi connectivity index (χ4n) is 1.66. The summed E-state index contributed by atoms with van der Waals surface area (Å²) < 4.78 is 0. The lowest BCUT2D eigenvalue weighted by Crippen LogP contribution is -2.28. The molecule has 0 aliphatic heterocycles. The molecule has 0 radical (unpaired) electrons. The third-order valence-electron chi connectivity index (χ3n) is 3.33. The Balaban J connectivity index is 4.47. The highest BCUT2D eigenvalue weighted by atomic mass is 28.3. The first-order chi connectivity index (χ1) is 6.89. The van der Waals surface area contributed by atoms with Gasteiger partial charge in [-0.15, -0.1) is 5.73 Å². The first kappa shape index (κ1) is 15.0. The summed E-state index contributed by atoms with van der Waals surface area (Å²) >= 11 is 0. The average molecular weight is 241 g/mol. The zero-order chi connectivity index (χ0) is 11.9. The van der Waals surface area contributed by atoms with E-state index in [0.717, 1.165) is 0 Å². The number of hydrogen-bond donors (Lipinski definition) is 0. The maximum atomic E-state index is 3.48. The molecular formula is C13H28Si2. The Bertz CT molecular complexity index is 217. The SMILES string of the molecule is CC[Si](C=C=CC[Si](C)(C)C)(CC)CC. The van der Waals surface area contributed by atoms with Crippen molar-refractivity contribution >= 4 is 16.1 Å². The Hall–Kier alpha value is -0.0462. The summed E-state index contributed by atoms with van der Waals surface area (Å²) in [5.74, 6) is 0. The van der Waals surface area contributed by atoms with E-state index in [2.05, 4.69) is 57.9 Å². The largest absolute Gasteiger partial charge is 0.134 e. The Morgan fingerprint density at radius 1 is 0.933 bits per heavy atom. The first-order valence-electron chi connectivity index (χ1n) is 6.31. The summed E-state index contributed by atoms with van der Waals surface area (Å²) in [7, 11) is -1.97. The van der Waals surface area contributed by atoms with E-state index in [9.17, 15) is 0 Å². The van der Waals surface area contributed by atoms with Crippen LogP contribution in [-0.4, -0.2) is 16.1 Å². The van der Waals surface area contributed by atoms with Gasteiger partial charge in [0.1, 0.15) is 0 Å². The molecule has 0 aliphatic carbocycles. The third kappa shape index (κ3) is 6.19. The second-order valence-corrected chi connectivity index (χ2v) is 16.4. The number of allylic oxidation sites excluding steroid dienone is 1. The van der Waals surface area contributed by atoms with Crippen LogP contribution in [0.3, 0.4) is 0 Å². The van der Waals surface area contributed by atoms with Crippen molar-refractivity contribution in [2.24, 2.45) is 0 Å². The highest BCUT2D eigenvalue weighted by molar-refractivity contribution is 6.84. The first-order valence-corrected chi connectivity index (χ1v) is 12.7. The zero-order valence-electron chi connectivity index (χ0n) is 11.5. The highest BCUT2D eigenvalue weighted by Gasteiger charge is 2.22. The van der Waals surface area contributed by atoms with Crippen molar-refractivity contribution in [3.05, 3.63) is 17.5 Å². The van der Waals surface area contributed by atoms with Gasteiger partial charge in [0.05, 0.1) is 8.07 Å². The molecule has 0 N–H and O–H groups in total. The average Bonchev–Trinajstić information content (AvgIpc) is 2.18.